The Hall–Kier alpha value is -3.67. The van der Waals surface area contributed by atoms with Gasteiger partial charge in [0.05, 0.1) is 55.6 Å². The number of aldehydes is 1. The summed E-state index contributed by atoms with van der Waals surface area (Å²) in [4.78, 5) is 31.8. The lowest BCUT2D eigenvalue weighted by Gasteiger charge is -2.41. The number of hydrogen-bond acceptors (Lipinski definition) is 18. The topological polar surface area (TPSA) is 169 Å². The molecular formula is C55H77N7O9S4. The van der Waals surface area contributed by atoms with Gasteiger partial charge in [-0.2, -0.15) is 4.40 Å². The van der Waals surface area contributed by atoms with E-state index < -0.39 is 21.8 Å². The lowest BCUT2D eigenvalue weighted by molar-refractivity contribution is -0.150. The van der Waals surface area contributed by atoms with Crippen LogP contribution < -0.4 is 0 Å². The fourth-order valence-electron chi connectivity index (χ4n) is 9.08. The zero-order valence-electron chi connectivity index (χ0n) is 45.3. The Bertz CT molecular complexity index is 2430. The Morgan fingerprint density at radius 3 is 1.28 bits per heavy atom. The van der Waals surface area contributed by atoms with Crippen molar-refractivity contribution in [3.05, 3.63) is 108 Å². The second-order valence-corrected chi connectivity index (χ2v) is 26.2. The molecule has 3 aromatic rings. The van der Waals surface area contributed by atoms with Crippen molar-refractivity contribution in [2.24, 2.45) is 37.1 Å². The number of aliphatic imine (C=N–C) groups is 3. The van der Waals surface area contributed by atoms with Crippen LogP contribution in [0.1, 0.15) is 58.2 Å². The predicted octanol–water partition coefficient (Wildman–Crippen LogP) is 7.62. The first-order valence-corrected chi connectivity index (χ1v) is 29.3. The largest absolute Gasteiger partial charge is 0.394 e. The summed E-state index contributed by atoms with van der Waals surface area (Å²) in [5, 5.41) is 12.4. The number of rotatable bonds is 13. The van der Waals surface area contributed by atoms with Crippen LogP contribution in [0.15, 0.2) is 110 Å². The van der Waals surface area contributed by atoms with Crippen molar-refractivity contribution in [2.45, 2.75) is 137 Å². The second-order valence-electron chi connectivity index (χ2n) is 21.0. The standard InChI is InChI=1S/C21H31N3O3S2.C17H24N2O3S.C17H22N2O3S/c1-14-16(12-22-29(25)21(2,3)4)27-19-17(23-20(28-19)24(5)6)18(14)26-13-15-10-8-7-9-11-15;2*1-11-13(9-20)22-16-14(18-17(23-16)19(2)3)15(11)21-10-12-7-5-4-6-8-12/h7-12,14,16-19H,13H2,1-6H3;4-8,11,13-16,20H,9-10H2,1-3H3;4-9,11,13-16H,10H2,1-3H3/t14-,16-,17-,18+,19-,29?;2*11-,13-,14-,15+,16-/m111/s1. The highest BCUT2D eigenvalue weighted by atomic mass is 32.2. The van der Waals surface area contributed by atoms with E-state index in [1.807, 2.05) is 151 Å². The van der Waals surface area contributed by atoms with Gasteiger partial charge < -0.3 is 53.0 Å². The summed E-state index contributed by atoms with van der Waals surface area (Å²) in [6.45, 7) is 13.5. The van der Waals surface area contributed by atoms with Crippen LogP contribution in [-0.2, 0) is 64.0 Å². The molecule has 6 aliphatic heterocycles. The zero-order valence-corrected chi connectivity index (χ0v) is 48.5. The molecule has 0 bridgehead atoms. The second kappa shape index (κ2) is 27.3. The molecule has 16 atom stereocenters. The van der Waals surface area contributed by atoms with Gasteiger partial charge in [-0.15, -0.1) is 0 Å². The minimum absolute atomic E-state index is 0.00738. The van der Waals surface area contributed by atoms with Crippen molar-refractivity contribution < 1.29 is 42.5 Å². The van der Waals surface area contributed by atoms with E-state index in [4.69, 9.17) is 43.4 Å². The van der Waals surface area contributed by atoms with Crippen molar-refractivity contribution >= 4 is 74.3 Å². The van der Waals surface area contributed by atoms with Crippen molar-refractivity contribution in [3.8, 4) is 0 Å². The maximum atomic E-state index is 12.4. The van der Waals surface area contributed by atoms with Crippen LogP contribution in [0.5, 0.6) is 0 Å². The van der Waals surface area contributed by atoms with Crippen LogP contribution in [0.3, 0.4) is 0 Å². The molecule has 75 heavy (non-hydrogen) atoms. The number of hydrogen-bond donors (Lipinski definition) is 1. The molecular weight excluding hydrogens is 1030 g/mol. The van der Waals surface area contributed by atoms with Crippen LogP contribution in [-0.4, -0.2) is 177 Å². The van der Waals surface area contributed by atoms with E-state index >= 15 is 0 Å². The van der Waals surface area contributed by atoms with Gasteiger partial charge in [0, 0.05) is 66.3 Å². The molecule has 0 spiro atoms. The Labute approximate surface area is 459 Å². The third-order valence-electron chi connectivity index (χ3n) is 13.5. The highest BCUT2D eigenvalue weighted by molar-refractivity contribution is 8.15. The minimum Gasteiger partial charge on any atom is -0.394 e. The van der Waals surface area contributed by atoms with Crippen LogP contribution in [0, 0.1) is 17.8 Å². The molecule has 3 fully saturated rings. The molecule has 9 rings (SSSR count). The lowest BCUT2D eigenvalue weighted by atomic mass is 9.90. The summed E-state index contributed by atoms with van der Waals surface area (Å²) >= 11 is 4.79. The molecule has 410 valence electrons. The molecule has 0 aromatic heterocycles. The first-order valence-electron chi connectivity index (χ1n) is 25.6. The van der Waals surface area contributed by atoms with Crippen LogP contribution in [0.2, 0.25) is 0 Å². The monoisotopic (exact) mass is 1110 g/mol. The van der Waals surface area contributed by atoms with E-state index in [2.05, 4.69) is 42.5 Å². The molecule has 6 aliphatic rings. The number of benzene rings is 3. The van der Waals surface area contributed by atoms with Crippen molar-refractivity contribution in [3.63, 3.8) is 0 Å². The number of aliphatic hydroxyl groups excluding tert-OH is 1. The van der Waals surface area contributed by atoms with Crippen molar-refractivity contribution in [1.29, 1.82) is 0 Å². The van der Waals surface area contributed by atoms with Gasteiger partial charge in [0.25, 0.3) is 0 Å². The number of nitrogens with zero attached hydrogens (tertiary/aromatic N) is 7. The number of thioether (sulfide) groups is 3. The number of amidine groups is 3. The summed E-state index contributed by atoms with van der Waals surface area (Å²) in [6.07, 6.45) is 1.36. The van der Waals surface area contributed by atoms with Gasteiger partial charge in [0.1, 0.15) is 63.9 Å². The molecule has 0 amide bonds. The molecule has 16 nitrogen and oxygen atoms in total. The van der Waals surface area contributed by atoms with Crippen molar-refractivity contribution in [2.75, 3.05) is 48.9 Å². The summed E-state index contributed by atoms with van der Waals surface area (Å²) in [7, 11) is 10.5. The van der Waals surface area contributed by atoms with Gasteiger partial charge in [-0.1, -0.05) is 147 Å². The smallest absolute Gasteiger partial charge is 0.161 e. The Balaban J connectivity index is 0.000000166. The third-order valence-corrected chi connectivity index (χ3v) is 18.8. The van der Waals surface area contributed by atoms with Crippen LogP contribution in [0.25, 0.3) is 0 Å². The van der Waals surface area contributed by atoms with Gasteiger partial charge in [-0.3, -0.25) is 15.0 Å². The van der Waals surface area contributed by atoms with Crippen LogP contribution in [0.4, 0.5) is 0 Å². The molecule has 1 N–H and O–H groups in total. The zero-order chi connectivity index (χ0) is 54.0. The quantitative estimate of drug-likeness (QED) is 0.131. The highest BCUT2D eigenvalue weighted by Gasteiger charge is 2.51. The predicted molar refractivity (Wildman–Crippen MR) is 306 cm³/mol. The first-order chi connectivity index (χ1) is 35.9. The van der Waals surface area contributed by atoms with E-state index in [1.54, 1.807) is 41.5 Å². The summed E-state index contributed by atoms with van der Waals surface area (Å²) in [6, 6.07) is 30.2. The van der Waals surface area contributed by atoms with Gasteiger partial charge >= 0.3 is 0 Å². The fraction of sp³-hybridized carbons (Fsp3) is 0.582. The molecule has 0 radical (unpaired) electrons. The molecule has 0 saturated carbocycles. The lowest BCUT2D eigenvalue weighted by Crippen LogP contribution is -2.52. The minimum atomic E-state index is -1.31. The van der Waals surface area contributed by atoms with E-state index in [-0.39, 0.29) is 89.3 Å². The van der Waals surface area contributed by atoms with Crippen LogP contribution >= 0.6 is 35.3 Å². The normalized spacial score (nSPS) is 32.2. The average molecular weight is 1110 g/mol. The highest BCUT2D eigenvalue weighted by Crippen LogP contribution is 2.43. The Morgan fingerprint density at radius 1 is 0.587 bits per heavy atom. The van der Waals surface area contributed by atoms with Crippen molar-refractivity contribution in [1.82, 2.24) is 14.7 Å². The maximum Gasteiger partial charge on any atom is 0.161 e. The Morgan fingerprint density at radius 2 is 0.933 bits per heavy atom. The molecule has 20 heteroatoms. The Kier molecular flexibility index (Phi) is 21.5. The van der Waals surface area contributed by atoms with E-state index in [9.17, 15) is 14.1 Å². The molecule has 0 aliphatic carbocycles. The summed E-state index contributed by atoms with van der Waals surface area (Å²) < 4.78 is 53.3. The number of carbonyl (C=O) groups excluding carboxylic acids is 1. The average Bonchev–Trinajstić information content (AvgIpc) is 4.16. The molecule has 3 saturated heterocycles. The number of carbonyl (C=O) groups is 1. The maximum absolute atomic E-state index is 12.4. The number of fused-ring (bicyclic) bond motifs is 3. The summed E-state index contributed by atoms with van der Waals surface area (Å²) in [5.41, 5.74) is 3.02. The van der Waals surface area contributed by atoms with Gasteiger partial charge in [-0.25, -0.2) is 4.21 Å². The first kappa shape index (κ1) is 59.0. The van der Waals surface area contributed by atoms with E-state index in [0.29, 0.717) is 19.8 Å². The van der Waals surface area contributed by atoms with Gasteiger partial charge in [0.2, 0.25) is 0 Å². The third kappa shape index (κ3) is 15.3. The fourth-order valence-corrected chi connectivity index (χ4v) is 13.1. The summed E-state index contributed by atoms with van der Waals surface area (Å²) in [5.74, 6) is 0.102. The van der Waals surface area contributed by atoms with E-state index in [1.165, 1.54) is 0 Å². The molecule has 3 aromatic carbocycles. The van der Waals surface area contributed by atoms with E-state index in [0.717, 1.165) is 38.5 Å². The van der Waals surface area contributed by atoms with Gasteiger partial charge in [0.15, 0.2) is 15.5 Å². The van der Waals surface area contributed by atoms with Gasteiger partial charge in [-0.05, 0) is 37.5 Å². The molecule has 6 heterocycles. The molecule has 1 unspecified atom stereocenters. The number of ether oxygens (including phenoxy) is 6. The SMILES string of the molecule is C[C@H]1[C@H](OCc2ccccc2)[C@H]2N=C(N(C)C)S[C@H]2O[C@@H]1C=NS(=O)C(C)(C)C.C[C@H]1[C@H](OCc2ccccc2)[C@H]2N=C(N(C)C)S[C@H]2O[C@@H]1C=O.C[C@H]1[C@H](OCc2ccccc2)[C@H]2N=C(N(C)C)S[C@H]2O[C@@H]1CO. The number of aliphatic hydroxyl groups is 1.